The molecule has 0 radical (unpaired) electrons. The number of pyridine rings is 1. The molecular formula is C17H16N4O2. The predicted octanol–water partition coefficient (Wildman–Crippen LogP) is 3.12. The van der Waals surface area contributed by atoms with Crippen molar-refractivity contribution in [3.8, 4) is 0 Å². The number of aromatic nitrogens is 3. The molecule has 3 aromatic rings. The van der Waals surface area contributed by atoms with Gasteiger partial charge in [-0.05, 0) is 17.7 Å². The zero-order chi connectivity index (χ0) is 15.9. The van der Waals surface area contributed by atoms with Crippen molar-refractivity contribution in [2.24, 2.45) is 0 Å². The van der Waals surface area contributed by atoms with Crippen molar-refractivity contribution in [1.29, 1.82) is 0 Å². The molecule has 0 spiro atoms. The Bertz CT molecular complexity index is 730. The van der Waals surface area contributed by atoms with Crippen LogP contribution in [0.3, 0.4) is 0 Å². The molecule has 6 nitrogen and oxygen atoms in total. The van der Waals surface area contributed by atoms with Crippen LogP contribution in [0.5, 0.6) is 0 Å². The number of nitrogens with one attached hydrogen (secondary N) is 1. The van der Waals surface area contributed by atoms with Crippen LogP contribution in [0, 0.1) is 0 Å². The maximum Gasteiger partial charge on any atom is 0.419 e. The minimum atomic E-state index is -0.473. The van der Waals surface area contributed by atoms with Crippen molar-refractivity contribution < 1.29 is 9.53 Å². The van der Waals surface area contributed by atoms with E-state index in [-0.39, 0.29) is 0 Å². The first kappa shape index (κ1) is 14.8. The van der Waals surface area contributed by atoms with Gasteiger partial charge in [0.15, 0.2) is 0 Å². The van der Waals surface area contributed by atoms with Gasteiger partial charge in [0.1, 0.15) is 18.2 Å². The molecule has 1 unspecified atom stereocenters. The van der Waals surface area contributed by atoms with Crippen LogP contribution in [-0.4, -0.2) is 27.2 Å². The van der Waals surface area contributed by atoms with Gasteiger partial charge in [0.25, 0.3) is 0 Å². The zero-order valence-electron chi connectivity index (χ0n) is 12.4. The van der Waals surface area contributed by atoms with Crippen LogP contribution in [-0.2, 0) is 4.74 Å². The van der Waals surface area contributed by atoms with Gasteiger partial charge < -0.3 is 10.1 Å². The third-order valence-electron chi connectivity index (χ3n) is 3.26. The van der Waals surface area contributed by atoms with E-state index in [1.165, 1.54) is 17.1 Å². The monoisotopic (exact) mass is 308 g/mol. The summed E-state index contributed by atoms with van der Waals surface area (Å²) in [7, 11) is 0. The van der Waals surface area contributed by atoms with Crippen molar-refractivity contribution in [1.82, 2.24) is 14.5 Å². The average molecular weight is 308 g/mol. The summed E-state index contributed by atoms with van der Waals surface area (Å²) in [6.07, 6.45) is 5.29. The molecule has 2 heterocycles. The average Bonchev–Trinajstić information content (AvgIpc) is 3.15. The Morgan fingerprint density at radius 1 is 1.13 bits per heavy atom. The van der Waals surface area contributed by atoms with Crippen LogP contribution >= 0.6 is 0 Å². The Kier molecular flexibility index (Phi) is 4.63. The number of benzene rings is 1. The topological polar surface area (TPSA) is 69.0 Å². The van der Waals surface area contributed by atoms with Crippen LogP contribution in [0.4, 0.5) is 10.6 Å². The van der Waals surface area contributed by atoms with Crippen LogP contribution in [0.15, 0.2) is 73.4 Å². The van der Waals surface area contributed by atoms with Crippen molar-refractivity contribution in [3.05, 3.63) is 79.0 Å². The second-order valence-corrected chi connectivity index (χ2v) is 4.85. The van der Waals surface area contributed by atoms with Crippen molar-refractivity contribution >= 4 is 11.9 Å². The van der Waals surface area contributed by atoms with E-state index < -0.39 is 12.2 Å². The van der Waals surface area contributed by atoms with E-state index in [9.17, 15) is 4.79 Å². The number of imidazole rings is 1. The number of anilines is 1. The Morgan fingerprint density at radius 2 is 1.96 bits per heavy atom. The van der Waals surface area contributed by atoms with Gasteiger partial charge in [-0.15, -0.1) is 0 Å². The van der Waals surface area contributed by atoms with E-state index in [0.29, 0.717) is 6.54 Å². The van der Waals surface area contributed by atoms with Gasteiger partial charge in [-0.3, -0.25) is 0 Å². The number of hydrogen-bond donors (Lipinski definition) is 1. The van der Waals surface area contributed by atoms with E-state index in [1.54, 1.807) is 12.4 Å². The molecule has 0 amide bonds. The first-order valence-electron chi connectivity index (χ1n) is 7.22. The summed E-state index contributed by atoms with van der Waals surface area (Å²) in [4.78, 5) is 20.2. The third kappa shape index (κ3) is 3.94. The Labute approximate surface area is 133 Å². The molecule has 0 bridgehead atoms. The predicted molar refractivity (Wildman–Crippen MR) is 86.0 cm³/mol. The highest BCUT2D eigenvalue weighted by Gasteiger charge is 2.17. The number of hydrogen-bond acceptors (Lipinski definition) is 5. The van der Waals surface area contributed by atoms with Gasteiger partial charge in [-0.2, -0.15) is 0 Å². The lowest BCUT2D eigenvalue weighted by molar-refractivity contribution is 0.105. The van der Waals surface area contributed by atoms with Gasteiger partial charge >= 0.3 is 6.09 Å². The van der Waals surface area contributed by atoms with E-state index in [2.05, 4.69) is 15.3 Å². The smallest absolute Gasteiger partial charge is 0.419 e. The number of nitrogens with zero attached hydrogens (tertiary/aromatic N) is 3. The molecule has 0 fully saturated rings. The minimum absolute atomic E-state index is 0.418. The standard InChI is InChI=1S/C17H16N4O2/c22-17(21-11-10-18-13-21)23-15(14-6-2-1-3-7-14)12-20-16-8-4-5-9-19-16/h1-11,13,15H,12H2,(H,19,20). The molecule has 1 aromatic carbocycles. The molecule has 6 heteroatoms. The van der Waals surface area contributed by atoms with E-state index in [4.69, 9.17) is 4.74 Å². The molecule has 2 aromatic heterocycles. The number of carbonyl (C=O) groups excluding carboxylic acids is 1. The number of ether oxygens (including phenoxy) is 1. The fraction of sp³-hybridized carbons (Fsp3) is 0.118. The molecule has 0 aliphatic heterocycles. The lowest BCUT2D eigenvalue weighted by atomic mass is 10.1. The molecule has 0 saturated heterocycles. The van der Waals surface area contributed by atoms with E-state index in [1.807, 2.05) is 48.5 Å². The van der Waals surface area contributed by atoms with E-state index in [0.717, 1.165) is 11.4 Å². The highest BCUT2D eigenvalue weighted by atomic mass is 16.6. The summed E-state index contributed by atoms with van der Waals surface area (Å²) < 4.78 is 6.90. The van der Waals surface area contributed by atoms with E-state index >= 15 is 0 Å². The summed E-state index contributed by atoms with van der Waals surface area (Å²) in [5, 5.41) is 3.18. The van der Waals surface area contributed by atoms with Gasteiger partial charge in [0.2, 0.25) is 0 Å². The van der Waals surface area contributed by atoms with Crippen molar-refractivity contribution in [3.63, 3.8) is 0 Å². The van der Waals surface area contributed by atoms with Crippen LogP contribution in [0.1, 0.15) is 11.7 Å². The van der Waals surface area contributed by atoms with Crippen LogP contribution in [0.25, 0.3) is 0 Å². The summed E-state index contributed by atoms with van der Waals surface area (Å²) in [6, 6.07) is 15.2. The second-order valence-electron chi connectivity index (χ2n) is 4.85. The summed E-state index contributed by atoms with van der Waals surface area (Å²) in [5.74, 6) is 0.729. The number of carbonyl (C=O) groups is 1. The second kappa shape index (κ2) is 7.22. The summed E-state index contributed by atoms with van der Waals surface area (Å²) in [5.41, 5.74) is 0.907. The maximum absolute atomic E-state index is 12.2. The van der Waals surface area contributed by atoms with Gasteiger partial charge in [-0.25, -0.2) is 19.3 Å². The van der Waals surface area contributed by atoms with Crippen LogP contribution < -0.4 is 5.32 Å². The Morgan fingerprint density at radius 3 is 2.65 bits per heavy atom. The summed E-state index contributed by atoms with van der Waals surface area (Å²) in [6.45, 7) is 0.418. The quantitative estimate of drug-likeness (QED) is 0.784. The van der Waals surface area contributed by atoms with Crippen molar-refractivity contribution in [2.75, 3.05) is 11.9 Å². The SMILES string of the molecule is O=C(OC(CNc1ccccn1)c1ccccc1)n1ccnc1. The highest BCUT2D eigenvalue weighted by Crippen LogP contribution is 2.19. The van der Waals surface area contributed by atoms with Gasteiger partial charge in [0.05, 0.1) is 6.54 Å². The molecule has 23 heavy (non-hydrogen) atoms. The highest BCUT2D eigenvalue weighted by molar-refractivity contribution is 5.70. The molecule has 116 valence electrons. The number of rotatable bonds is 5. The van der Waals surface area contributed by atoms with Gasteiger partial charge in [-0.1, -0.05) is 36.4 Å². The molecule has 0 saturated carbocycles. The molecule has 1 atom stereocenters. The largest absolute Gasteiger partial charge is 0.439 e. The fourth-order valence-corrected chi connectivity index (χ4v) is 2.11. The normalized spacial score (nSPS) is 11.7. The Balaban J connectivity index is 1.73. The fourth-order valence-electron chi connectivity index (χ4n) is 2.11. The summed E-state index contributed by atoms with van der Waals surface area (Å²) >= 11 is 0. The first-order valence-corrected chi connectivity index (χ1v) is 7.22. The lowest BCUT2D eigenvalue weighted by Crippen LogP contribution is -2.22. The Hall–Kier alpha value is -3.15. The third-order valence-corrected chi connectivity index (χ3v) is 3.26. The zero-order valence-corrected chi connectivity index (χ0v) is 12.4. The first-order chi connectivity index (χ1) is 11.3. The molecule has 3 rings (SSSR count). The minimum Gasteiger partial charge on any atom is -0.439 e. The molecule has 0 aliphatic carbocycles. The lowest BCUT2D eigenvalue weighted by Gasteiger charge is -2.19. The van der Waals surface area contributed by atoms with Crippen molar-refractivity contribution in [2.45, 2.75) is 6.10 Å². The molecule has 1 N–H and O–H groups in total. The maximum atomic E-state index is 12.2. The molecule has 0 aliphatic rings. The van der Waals surface area contributed by atoms with Crippen LogP contribution in [0.2, 0.25) is 0 Å². The molecular weight excluding hydrogens is 292 g/mol. The van der Waals surface area contributed by atoms with Gasteiger partial charge in [0, 0.05) is 18.6 Å².